The molecule has 8 heteroatoms. The molecule has 2 aromatic rings. The van der Waals surface area contributed by atoms with Crippen molar-refractivity contribution in [2.75, 3.05) is 19.7 Å². The van der Waals surface area contributed by atoms with Crippen molar-refractivity contribution in [1.29, 1.82) is 0 Å². The van der Waals surface area contributed by atoms with Gasteiger partial charge >= 0.3 is 0 Å². The number of hydrogen-bond donors (Lipinski definition) is 0. The average molecular weight is 347 g/mol. The van der Waals surface area contributed by atoms with E-state index in [1.54, 1.807) is 0 Å². The van der Waals surface area contributed by atoms with E-state index < -0.39 is 0 Å². The Hall–Kier alpha value is -1.80. The van der Waals surface area contributed by atoms with E-state index in [2.05, 4.69) is 25.2 Å². The largest absolute Gasteiger partial charge is 0.371 e. The Kier molecular flexibility index (Phi) is 4.80. The van der Waals surface area contributed by atoms with Crippen LogP contribution in [0.15, 0.2) is 9.05 Å². The Morgan fingerprint density at radius 3 is 2.84 bits per heavy atom. The molecule has 0 aromatic carbocycles. The maximum Gasteiger partial charge on any atom is 0.240 e. The van der Waals surface area contributed by atoms with Crippen LogP contribution in [0.5, 0.6) is 0 Å². The summed E-state index contributed by atoms with van der Waals surface area (Å²) in [5.74, 6) is 3.73. The molecule has 0 amide bonds. The van der Waals surface area contributed by atoms with Crippen molar-refractivity contribution in [3.05, 3.63) is 23.4 Å². The highest BCUT2D eigenvalue weighted by Gasteiger charge is 2.32. The normalized spacial score (nSPS) is 23.0. The lowest BCUT2D eigenvalue weighted by Crippen LogP contribution is -2.34. The predicted molar refractivity (Wildman–Crippen MR) is 87.9 cm³/mol. The van der Waals surface area contributed by atoms with Crippen LogP contribution in [-0.2, 0) is 11.3 Å². The minimum atomic E-state index is -0.142. The Bertz CT molecular complexity index is 696. The molecule has 0 radical (unpaired) electrons. The fourth-order valence-electron chi connectivity index (χ4n) is 3.33. The fraction of sp³-hybridized carbons (Fsp3) is 0.765. The van der Waals surface area contributed by atoms with E-state index >= 15 is 0 Å². The number of nitrogens with zero attached hydrogens (tertiary/aromatic N) is 5. The Morgan fingerprint density at radius 1 is 1.16 bits per heavy atom. The molecule has 0 bridgehead atoms. The van der Waals surface area contributed by atoms with Crippen LogP contribution in [0.3, 0.4) is 0 Å². The summed E-state index contributed by atoms with van der Waals surface area (Å²) >= 11 is 0. The molecular formula is C17H25N5O3. The van der Waals surface area contributed by atoms with Gasteiger partial charge in [0.2, 0.25) is 11.8 Å². The van der Waals surface area contributed by atoms with Gasteiger partial charge in [-0.05, 0) is 46.1 Å². The van der Waals surface area contributed by atoms with Crippen molar-refractivity contribution in [2.24, 2.45) is 0 Å². The SMILES string of the molecule is CCO[C@@H](C)c1noc(CN2CCC[C@@H](c3noc(C4CC4)n3)C2)n1. The zero-order valence-electron chi connectivity index (χ0n) is 14.8. The molecule has 0 N–H and O–H groups in total. The summed E-state index contributed by atoms with van der Waals surface area (Å²) in [5.41, 5.74) is 0. The molecule has 1 aliphatic heterocycles. The predicted octanol–water partition coefficient (Wildman–Crippen LogP) is 2.81. The molecule has 2 aliphatic rings. The molecule has 3 heterocycles. The zero-order valence-corrected chi connectivity index (χ0v) is 14.8. The maximum absolute atomic E-state index is 5.51. The number of hydrogen-bond acceptors (Lipinski definition) is 8. The van der Waals surface area contributed by atoms with Crippen molar-refractivity contribution in [3.63, 3.8) is 0 Å². The second-order valence-electron chi connectivity index (χ2n) is 6.98. The Balaban J connectivity index is 1.36. The van der Waals surface area contributed by atoms with E-state index in [0.29, 0.717) is 36.7 Å². The summed E-state index contributed by atoms with van der Waals surface area (Å²) < 4.78 is 16.3. The molecule has 0 unspecified atom stereocenters. The van der Waals surface area contributed by atoms with Gasteiger partial charge in [-0.15, -0.1) is 0 Å². The molecule has 2 fully saturated rings. The third-order valence-electron chi connectivity index (χ3n) is 4.88. The minimum absolute atomic E-state index is 0.142. The van der Waals surface area contributed by atoms with Crippen LogP contribution >= 0.6 is 0 Å². The number of rotatable bonds is 7. The van der Waals surface area contributed by atoms with Crippen LogP contribution in [0.2, 0.25) is 0 Å². The van der Waals surface area contributed by atoms with Gasteiger partial charge in [-0.1, -0.05) is 10.3 Å². The third kappa shape index (κ3) is 3.90. The van der Waals surface area contributed by atoms with Gasteiger partial charge in [0.25, 0.3) is 0 Å². The third-order valence-corrected chi connectivity index (χ3v) is 4.88. The summed E-state index contributed by atoms with van der Waals surface area (Å²) in [6.07, 6.45) is 4.41. The van der Waals surface area contributed by atoms with Crippen molar-refractivity contribution >= 4 is 0 Å². The number of ether oxygens (including phenoxy) is 1. The topological polar surface area (TPSA) is 90.3 Å². The van der Waals surface area contributed by atoms with Crippen molar-refractivity contribution in [2.45, 2.75) is 64.0 Å². The lowest BCUT2D eigenvalue weighted by molar-refractivity contribution is 0.0683. The van der Waals surface area contributed by atoms with Crippen LogP contribution in [0.4, 0.5) is 0 Å². The molecule has 8 nitrogen and oxygen atoms in total. The van der Waals surface area contributed by atoms with Gasteiger partial charge in [-0.3, -0.25) is 4.90 Å². The molecule has 1 saturated heterocycles. The average Bonchev–Trinajstić information content (AvgIpc) is 3.16. The lowest BCUT2D eigenvalue weighted by Gasteiger charge is -2.29. The Morgan fingerprint density at radius 2 is 2.04 bits per heavy atom. The van der Waals surface area contributed by atoms with Gasteiger partial charge in [0.05, 0.1) is 6.54 Å². The maximum atomic E-state index is 5.51. The first-order valence-corrected chi connectivity index (χ1v) is 9.23. The van der Waals surface area contributed by atoms with E-state index in [-0.39, 0.29) is 6.10 Å². The van der Waals surface area contributed by atoms with Crippen molar-refractivity contribution in [3.8, 4) is 0 Å². The minimum Gasteiger partial charge on any atom is -0.371 e. The van der Waals surface area contributed by atoms with Gasteiger partial charge in [0.15, 0.2) is 11.6 Å². The van der Waals surface area contributed by atoms with E-state index in [9.17, 15) is 0 Å². The van der Waals surface area contributed by atoms with Crippen molar-refractivity contribution < 1.29 is 13.8 Å². The summed E-state index contributed by atoms with van der Waals surface area (Å²) in [6, 6.07) is 0. The van der Waals surface area contributed by atoms with Crippen molar-refractivity contribution in [1.82, 2.24) is 25.2 Å². The monoisotopic (exact) mass is 347 g/mol. The van der Waals surface area contributed by atoms with Crippen LogP contribution < -0.4 is 0 Å². The fourth-order valence-corrected chi connectivity index (χ4v) is 3.33. The zero-order chi connectivity index (χ0) is 17.2. The highest BCUT2D eigenvalue weighted by molar-refractivity contribution is 5.05. The quantitative estimate of drug-likeness (QED) is 0.755. The first kappa shape index (κ1) is 16.7. The number of piperidine rings is 1. The van der Waals surface area contributed by atoms with Gasteiger partial charge in [0.1, 0.15) is 6.10 Å². The summed E-state index contributed by atoms with van der Waals surface area (Å²) in [5, 5.41) is 8.24. The first-order chi connectivity index (χ1) is 12.2. The number of aromatic nitrogens is 4. The van der Waals surface area contributed by atoms with Crippen LogP contribution in [0.25, 0.3) is 0 Å². The first-order valence-electron chi connectivity index (χ1n) is 9.23. The second kappa shape index (κ2) is 7.21. The molecule has 25 heavy (non-hydrogen) atoms. The standard InChI is InChI=1S/C17H25N5O3/c1-3-23-11(2)15-18-14(24-20-15)10-22-8-4-5-13(9-22)16-19-17(25-21-16)12-6-7-12/h11-13H,3-10H2,1-2H3/t11-,13+/m0/s1. The molecule has 2 aromatic heterocycles. The van der Waals surface area contributed by atoms with Crippen LogP contribution in [0.1, 0.15) is 80.9 Å². The molecular weight excluding hydrogens is 322 g/mol. The molecule has 1 saturated carbocycles. The molecule has 1 aliphatic carbocycles. The molecule has 2 atom stereocenters. The second-order valence-corrected chi connectivity index (χ2v) is 6.98. The summed E-state index contributed by atoms with van der Waals surface area (Å²) in [6.45, 7) is 7.08. The van der Waals surface area contributed by atoms with Gasteiger partial charge in [-0.2, -0.15) is 9.97 Å². The lowest BCUT2D eigenvalue weighted by atomic mass is 9.97. The summed E-state index contributed by atoms with van der Waals surface area (Å²) in [4.78, 5) is 11.4. The van der Waals surface area contributed by atoms with Gasteiger partial charge in [-0.25, -0.2) is 0 Å². The Labute approximate surface area is 146 Å². The van der Waals surface area contributed by atoms with E-state index in [1.807, 2.05) is 13.8 Å². The molecule has 0 spiro atoms. The van der Waals surface area contributed by atoms with E-state index in [0.717, 1.165) is 37.6 Å². The molecule has 136 valence electrons. The smallest absolute Gasteiger partial charge is 0.240 e. The van der Waals surface area contributed by atoms with E-state index in [4.69, 9.17) is 13.8 Å². The van der Waals surface area contributed by atoms with Crippen LogP contribution in [0, 0.1) is 0 Å². The highest BCUT2D eigenvalue weighted by Crippen LogP contribution is 2.39. The van der Waals surface area contributed by atoms with Gasteiger partial charge in [0, 0.05) is 25.0 Å². The number of likely N-dealkylation sites (tertiary alicyclic amines) is 1. The highest BCUT2D eigenvalue weighted by atomic mass is 16.5. The van der Waals surface area contributed by atoms with Crippen LogP contribution in [-0.4, -0.2) is 44.9 Å². The van der Waals surface area contributed by atoms with Gasteiger partial charge < -0.3 is 13.8 Å². The summed E-state index contributed by atoms with van der Waals surface area (Å²) in [7, 11) is 0. The molecule has 4 rings (SSSR count). The van der Waals surface area contributed by atoms with E-state index in [1.165, 1.54) is 12.8 Å².